The molecular weight excluding hydrogens is 284 g/mol. The maximum absolute atomic E-state index is 12.3. The molecule has 0 atom stereocenters. The van der Waals surface area contributed by atoms with Crippen LogP contribution in [0.15, 0.2) is 18.6 Å². The minimum atomic E-state index is -0.296. The summed E-state index contributed by atoms with van der Waals surface area (Å²) in [6.45, 7) is 2.28. The van der Waals surface area contributed by atoms with Crippen LogP contribution in [0.5, 0.6) is 0 Å². The molecule has 2 rings (SSSR count). The molecule has 22 heavy (non-hydrogen) atoms. The quantitative estimate of drug-likeness (QED) is 0.826. The normalized spacial score (nSPS) is 10.5. The summed E-state index contributed by atoms with van der Waals surface area (Å²) in [7, 11) is 3.47. The van der Waals surface area contributed by atoms with Crippen molar-refractivity contribution < 1.29 is 9.59 Å². The fourth-order valence-electron chi connectivity index (χ4n) is 2.07. The molecule has 2 heterocycles. The van der Waals surface area contributed by atoms with Gasteiger partial charge in [0.15, 0.2) is 0 Å². The minimum Gasteiger partial charge on any atom is -0.346 e. The number of nitrogens with zero attached hydrogens (tertiary/aromatic N) is 4. The zero-order valence-corrected chi connectivity index (χ0v) is 13.0. The van der Waals surface area contributed by atoms with E-state index in [9.17, 15) is 9.59 Å². The molecule has 0 radical (unpaired) electrons. The molecule has 2 aromatic rings. The third-order valence-electron chi connectivity index (χ3n) is 3.12. The zero-order valence-electron chi connectivity index (χ0n) is 13.0. The molecule has 8 nitrogen and oxygen atoms in total. The molecule has 2 aromatic heterocycles. The third-order valence-corrected chi connectivity index (χ3v) is 3.12. The predicted octanol–water partition coefficient (Wildman–Crippen LogP) is 0.822. The number of hydrogen-bond donors (Lipinski definition) is 2. The molecule has 0 spiro atoms. The SMILES string of the molecule is CCCC(=O)Nc1cnn(C)c1C(=O)NCc1cnn(C)c1. The van der Waals surface area contributed by atoms with Crippen LogP contribution in [-0.2, 0) is 25.4 Å². The molecule has 0 aromatic carbocycles. The first kappa shape index (κ1) is 15.7. The minimum absolute atomic E-state index is 0.128. The van der Waals surface area contributed by atoms with E-state index in [-0.39, 0.29) is 11.8 Å². The number of carbonyl (C=O) groups excluding carboxylic acids is 2. The highest BCUT2D eigenvalue weighted by Crippen LogP contribution is 2.14. The lowest BCUT2D eigenvalue weighted by atomic mass is 10.3. The topological polar surface area (TPSA) is 93.8 Å². The van der Waals surface area contributed by atoms with Gasteiger partial charge in [-0.2, -0.15) is 10.2 Å². The Labute approximate surface area is 128 Å². The van der Waals surface area contributed by atoms with Crippen LogP contribution in [0.2, 0.25) is 0 Å². The van der Waals surface area contributed by atoms with Gasteiger partial charge in [-0.25, -0.2) is 0 Å². The summed E-state index contributed by atoms with van der Waals surface area (Å²) >= 11 is 0. The van der Waals surface area contributed by atoms with Crippen LogP contribution in [0, 0.1) is 0 Å². The lowest BCUT2D eigenvalue weighted by Gasteiger charge is -2.08. The van der Waals surface area contributed by atoms with E-state index >= 15 is 0 Å². The van der Waals surface area contributed by atoms with Crippen LogP contribution in [0.3, 0.4) is 0 Å². The Balaban J connectivity index is 2.05. The first-order valence-electron chi connectivity index (χ1n) is 7.08. The fraction of sp³-hybridized carbons (Fsp3) is 0.429. The summed E-state index contributed by atoms with van der Waals surface area (Å²) in [6, 6.07) is 0. The van der Waals surface area contributed by atoms with Gasteiger partial charge >= 0.3 is 0 Å². The molecule has 118 valence electrons. The van der Waals surface area contributed by atoms with Gasteiger partial charge in [0, 0.05) is 38.8 Å². The molecule has 0 aliphatic heterocycles. The van der Waals surface area contributed by atoms with Crippen LogP contribution >= 0.6 is 0 Å². The number of aryl methyl sites for hydroxylation is 2. The van der Waals surface area contributed by atoms with Gasteiger partial charge in [0.25, 0.3) is 5.91 Å². The molecule has 2 amide bonds. The van der Waals surface area contributed by atoms with E-state index in [0.717, 1.165) is 12.0 Å². The van der Waals surface area contributed by atoms with Gasteiger partial charge in [-0.3, -0.25) is 19.0 Å². The van der Waals surface area contributed by atoms with Crippen molar-refractivity contribution in [3.63, 3.8) is 0 Å². The largest absolute Gasteiger partial charge is 0.346 e. The Morgan fingerprint density at radius 2 is 2.00 bits per heavy atom. The van der Waals surface area contributed by atoms with Crippen molar-refractivity contribution in [1.29, 1.82) is 0 Å². The summed E-state index contributed by atoms with van der Waals surface area (Å²) in [5, 5.41) is 13.6. The molecule has 0 fully saturated rings. The predicted molar refractivity (Wildman–Crippen MR) is 81.1 cm³/mol. The number of amides is 2. The van der Waals surface area contributed by atoms with E-state index in [1.54, 1.807) is 17.9 Å². The Morgan fingerprint density at radius 3 is 2.64 bits per heavy atom. The smallest absolute Gasteiger partial charge is 0.271 e. The monoisotopic (exact) mass is 304 g/mol. The number of rotatable bonds is 6. The van der Waals surface area contributed by atoms with Gasteiger partial charge in [0.05, 0.1) is 18.1 Å². The molecule has 0 aliphatic rings. The van der Waals surface area contributed by atoms with Crippen molar-refractivity contribution in [2.75, 3.05) is 5.32 Å². The number of carbonyl (C=O) groups is 2. The fourth-order valence-corrected chi connectivity index (χ4v) is 2.07. The molecule has 0 saturated carbocycles. The second kappa shape index (κ2) is 6.88. The van der Waals surface area contributed by atoms with Crippen molar-refractivity contribution in [2.24, 2.45) is 14.1 Å². The average Bonchev–Trinajstić information content (AvgIpc) is 3.03. The van der Waals surface area contributed by atoms with E-state index in [0.29, 0.717) is 24.3 Å². The van der Waals surface area contributed by atoms with Crippen LogP contribution in [-0.4, -0.2) is 31.4 Å². The van der Waals surface area contributed by atoms with Crippen molar-refractivity contribution in [3.05, 3.63) is 29.8 Å². The lowest BCUT2D eigenvalue weighted by Crippen LogP contribution is -2.26. The van der Waals surface area contributed by atoms with Crippen LogP contribution in [0.4, 0.5) is 5.69 Å². The van der Waals surface area contributed by atoms with E-state index in [4.69, 9.17) is 0 Å². The maximum atomic E-state index is 12.3. The highest BCUT2D eigenvalue weighted by atomic mass is 16.2. The van der Waals surface area contributed by atoms with Gasteiger partial charge < -0.3 is 10.6 Å². The van der Waals surface area contributed by atoms with E-state index in [1.165, 1.54) is 10.9 Å². The molecular formula is C14H20N6O2. The summed E-state index contributed by atoms with van der Waals surface area (Å²) in [5.74, 6) is -0.424. The third kappa shape index (κ3) is 3.72. The van der Waals surface area contributed by atoms with Gasteiger partial charge in [-0.05, 0) is 6.42 Å². The summed E-state index contributed by atoms with van der Waals surface area (Å²) in [4.78, 5) is 24.0. The second-order valence-electron chi connectivity index (χ2n) is 5.03. The van der Waals surface area contributed by atoms with E-state index in [1.807, 2.05) is 20.2 Å². The van der Waals surface area contributed by atoms with Crippen molar-refractivity contribution in [1.82, 2.24) is 24.9 Å². The first-order valence-corrected chi connectivity index (χ1v) is 7.08. The van der Waals surface area contributed by atoms with Crippen molar-refractivity contribution in [2.45, 2.75) is 26.3 Å². The Hall–Kier alpha value is -2.64. The molecule has 8 heteroatoms. The van der Waals surface area contributed by atoms with E-state index in [2.05, 4.69) is 20.8 Å². The second-order valence-corrected chi connectivity index (χ2v) is 5.03. The maximum Gasteiger partial charge on any atom is 0.271 e. The summed E-state index contributed by atoms with van der Waals surface area (Å²) in [6.07, 6.45) is 6.15. The molecule has 0 saturated heterocycles. The van der Waals surface area contributed by atoms with Crippen molar-refractivity contribution in [3.8, 4) is 0 Å². The highest BCUT2D eigenvalue weighted by molar-refractivity contribution is 6.02. The Morgan fingerprint density at radius 1 is 1.23 bits per heavy atom. The van der Waals surface area contributed by atoms with Gasteiger partial charge in [0.2, 0.25) is 5.91 Å². The van der Waals surface area contributed by atoms with Crippen LogP contribution in [0.25, 0.3) is 0 Å². The highest BCUT2D eigenvalue weighted by Gasteiger charge is 2.18. The Bertz CT molecular complexity index is 673. The summed E-state index contributed by atoms with van der Waals surface area (Å²) in [5.41, 5.74) is 1.65. The first-order chi connectivity index (χ1) is 10.5. The molecule has 2 N–H and O–H groups in total. The molecule has 0 unspecified atom stereocenters. The number of hydrogen-bond acceptors (Lipinski definition) is 4. The standard InChI is InChI=1S/C14H20N6O2/c1-4-5-12(21)18-11-8-17-20(3)13(11)14(22)15-6-10-7-16-19(2)9-10/h7-9H,4-6H2,1-3H3,(H,15,22)(H,18,21). The van der Waals surface area contributed by atoms with Crippen LogP contribution in [0.1, 0.15) is 35.8 Å². The van der Waals surface area contributed by atoms with Gasteiger partial charge in [-0.1, -0.05) is 6.92 Å². The summed E-state index contributed by atoms with van der Waals surface area (Å²) < 4.78 is 3.11. The van der Waals surface area contributed by atoms with Crippen molar-refractivity contribution >= 4 is 17.5 Å². The van der Waals surface area contributed by atoms with Crippen LogP contribution < -0.4 is 10.6 Å². The zero-order chi connectivity index (χ0) is 16.1. The van der Waals surface area contributed by atoms with E-state index < -0.39 is 0 Å². The lowest BCUT2D eigenvalue weighted by molar-refractivity contribution is -0.116. The Kier molecular flexibility index (Phi) is 4.92. The van der Waals surface area contributed by atoms with Gasteiger partial charge in [-0.15, -0.1) is 0 Å². The number of anilines is 1. The van der Waals surface area contributed by atoms with Gasteiger partial charge in [0.1, 0.15) is 5.69 Å². The molecule has 0 aliphatic carbocycles. The molecule has 0 bridgehead atoms. The average molecular weight is 304 g/mol. The number of aromatic nitrogens is 4. The number of nitrogens with one attached hydrogen (secondary N) is 2.